The van der Waals surface area contributed by atoms with Gasteiger partial charge in [-0.15, -0.1) is 0 Å². The maximum Gasteiger partial charge on any atom is 0.409 e. The number of ether oxygens (including phenoxy) is 3. The van der Waals surface area contributed by atoms with Crippen molar-refractivity contribution < 1.29 is 35.8 Å². The smallest absolute Gasteiger partial charge is 0.409 e. The fourth-order valence-corrected chi connectivity index (χ4v) is 6.22. The van der Waals surface area contributed by atoms with Crippen LogP contribution >= 0.6 is 0 Å². The van der Waals surface area contributed by atoms with Crippen LogP contribution in [0.25, 0.3) is 21.9 Å². The monoisotopic (exact) mass is 633 g/mol. The number of rotatable bonds is 10. The van der Waals surface area contributed by atoms with Crippen LogP contribution in [0.3, 0.4) is 0 Å². The molecule has 0 saturated carbocycles. The van der Waals surface area contributed by atoms with E-state index in [0.29, 0.717) is 44.8 Å². The van der Waals surface area contributed by atoms with E-state index < -0.39 is 27.9 Å². The molecule has 0 fully saturated rings. The van der Waals surface area contributed by atoms with Gasteiger partial charge in [-0.2, -0.15) is 0 Å². The third-order valence-electron chi connectivity index (χ3n) is 6.78. The van der Waals surface area contributed by atoms with Crippen LogP contribution in [-0.2, 0) is 21.8 Å². The van der Waals surface area contributed by atoms with Crippen molar-refractivity contribution in [3.05, 3.63) is 103 Å². The Balaban J connectivity index is 1.85. The number of primary amides is 1. The Morgan fingerprint density at radius 3 is 1.59 bits per heavy atom. The summed E-state index contributed by atoms with van der Waals surface area (Å²) in [5.74, 6) is 1.26. The van der Waals surface area contributed by atoms with Crippen molar-refractivity contribution in [1.29, 1.82) is 0 Å². The average Bonchev–Trinajstić information content (AvgIpc) is 3.02. The zero-order chi connectivity index (χ0) is 31.4. The molecule has 0 radical (unpaired) electrons. The van der Waals surface area contributed by atoms with Gasteiger partial charge in [-0.3, -0.25) is 0 Å². The minimum absolute atomic E-state index is 0.174. The van der Waals surface area contributed by atoms with Gasteiger partial charge in [0.05, 0.1) is 37.0 Å². The molecule has 11 nitrogen and oxygen atoms in total. The van der Waals surface area contributed by atoms with Crippen molar-refractivity contribution in [3.63, 3.8) is 0 Å². The summed E-state index contributed by atoms with van der Waals surface area (Å²) >= 11 is 0. The Morgan fingerprint density at radius 1 is 0.636 bits per heavy atom. The maximum atomic E-state index is 13.0. The molecule has 5 aromatic rings. The van der Waals surface area contributed by atoms with Crippen LogP contribution < -0.4 is 28.6 Å². The van der Waals surface area contributed by atoms with Gasteiger partial charge < -0.3 is 19.9 Å². The number of benzene rings is 5. The van der Waals surface area contributed by atoms with E-state index in [1.54, 1.807) is 91.0 Å². The Kier molecular flexibility index (Phi) is 8.88. The molecule has 0 spiro atoms. The number of hydrogen-bond donors (Lipinski definition) is 3. The first-order chi connectivity index (χ1) is 21.2. The Labute approximate surface area is 256 Å². The van der Waals surface area contributed by atoms with Crippen LogP contribution in [0, 0.1) is 0 Å². The normalized spacial score (nSPS) is 11.0. The highest BCUT2D eigenvalue weighted by Crippen LogP contribution is 2.47. The fraction of sp³-hybridized carbons (Fsp3) is 0.0645. The molecule has 2 N–H and O–H groups in total. The topological polar surface area (TPSA) is 146 Å². The molecule has 0 aliphatic rings. The van der Waals surface area contributed by atoms with Gasteiger partial charge >= 0.3 is 6.09 Å². The van der Waals surface area contributed by atoms with Gasteiger partial charge in [-0.1, -0.05) is 36.4 Å². The molecular weight excluding hydrogens is 606 g/mol. The highest BCUT2D eigenvalue weighted by atomic mass is 32.2. The summed E-state index contributed by atoms with van der Waals surface area (Å²) in [5.41, 5.74) is 7.30. The molecule has 0 bridgehead atoms. The van der Waals surface area contributed by atoms with Crippen molar-refractivity contribution in [2.24, 2.45) is 5.73 Å². The van der Waals surface area contributed by atoms with E-state index in [1.165, 1.54) is 30.7 Å². The Hall–Kier alpha value is -5.27. The largest absolute Gasteiger partial charge is 0.497 e. The van der Waals surface area contributed by atoms with Crippen molar-refractivity contribution in [2.45, 2.75) is 0 Å². The Morgan fingerprint density at radius 2 is 1.11 bits per heavy atom. The molecule has 0 heterocycles. The van der Waals surface area contributed by atoms with Gasteiger partial charge in [0.15, 0.2) is 0 Å². The SMILES string of the molecule is COc1ccc(N(c2cc(-c3ccc(OC(N)=O)cc3)c(N(c3ccc(OC)cc3)[SH](=O)=O)c3ccccc23)[SH](=O)=O)cc1. The minimum atomic E-state index is -3.26. The summed E-state index contributed by atoms with van der Waals surface area (Å²) in [5, 5.41) is 0.938. The molecule has 5 aromatic carbocycles. The summed E-state index contributed by atoms with van der Waals surface area (Å²) in [6, 6.07) is 27.8. The standard InChI is InChI=1S/C31H27N3O8S2/c1-40-23-15-9-21(10-16-23)33(43(36)37)29-19-28(20-7-13-25(14-8-20)42-31(32)35)30(27-6-4-3-5-26(27)29)34(44(38)39)22-11-17-24(41-2)18-12-22/h3-19,43-44H,1-2H3,(H2,32,35). The molecule has 0 aliphatic carbocycles. The van der Waals surface area contributed by atoms with E-state index in [0.717, 1.165) is 4.31 Å². The quantitative estimate of drug-likeness (QED) is 0.176. The zero-order valence-electron chi connectivity index (χ0n) is 23.4. The number of thiol groups is 2. The average molecular weight is 634 g/mol. The van der Waals surface area contributed by atoms with Gasteiger partial charge in [0, 0.05) is 16.3 Å². The second-order valence-electron chi connectivity index (χ2n) is 9.28. The van der Waals surface area contributed by atoms with Crippen molar-refractivity contribution in [2.75, 3.05) is 22.8 Å². The maximum absolute atomic E-state index is 13.0. The van der Waals surface area contributed by atoms with Crippen LogP contribution in [-0.4, -0.2) is 37.1 Å². The highest BCUT2D eigenvalue weighted by Gasteiger charge is 2.25. The van der Waals surface area contributed by atoms with Crippen molar-refractivity contribution in [1.82, 2.24) is 0 Å². The second-order valence-corrected chi connectivity index (χ2v) is 11.0. The molecule has 226 valence electrons. The summed E-state index contributed by atoms with van der Waals surface area (Å²) in [6.45, 7) is 0. The molecule has 44 heavy (non-hydrogen) atoms. The number of carbonyl (C=O) groups excluding carboxylic acids is 1. The summed E-state index contributed by atoms with van der Waals surface area (Å²) in [4.78, 5) is 11.3. The fourth-order valence-electron chi connectivity index (χ4n) is 4.86. The molecule has 0 aromatic heterocycles. The lowest BCUT2D eigenvalue weighted by molar-refractivity contribution is 0.211. The lowest BCUT2D eigenvalue weighted by Gasteiger charge is -2.27. The molecule has 0 saturated heterocycles. The predicted molar refractivity (Wildman–Crippen MR) is 170 cm³/mol. The first kappa shape index (κ1) is 30.2. The number of methoxy groups -OCH3 is 2. The number of hydrogen-bond acceptors (Lipinski definition) is 8. The summed E-state index contributed by atoms with van der Waals surface area (Å²) in [6.07, 6.45) is -0.991. The minimum Gasteiger partial charge on any atom is -0.497 e. The lowest BCUT2D eigenvalue weighted by Crippen LogP contribution is -2.18. The summed E-state index contributed by atoms with van der Waals surface area (Å²) < 4.78 is 69.5. The third-order valence-corrected chi connectivity index (χ3v) is 8.31. The molecule has 0 unspecified atom stereocenters. The molecule has 13 heteroatoms. The van der Waals surface area contributed by atoms with E-state index in [4.69, 9.17) is 19.9 Å². The van der Waals surface area contributed by atoms with Gasteiger partial charge in [0.2, 0.25) is 21.8 Å². The van der Waals surface area contributed by atoms with Gasteiger partial charge in [0.25, 0.3) is 0 Å². The van der Waals surface area contributed by atoms with E-state index in [2.05, 4.69) is 0 Å². The zero-order valence-corrected chi connectivity index (χ0v) is 25.2. The number of amides is 1. The Bertz CT molecular complexity index is 1960. The second kappa shape index (κ2) is 12.9. The lowest BCUT2D eigenvalue weighted by atomic mass is 9.96. The number of anilines is 4. The number of fused-ring (bicyclic) bond motifs is 1. The van der Waals surface area contributed by atoms with Gasteiger partial charge in [0.1, 0.15) is 17.2 Å². The number of nitrogens with two attached hydrogens (primary N) is 1. The molecule has 0 aliphatic heterocycles. The molecule has 5 rings (SSSR count). The van der Waals surface area contributed by atoms with Gasteiger partial charge in [-0.25, -0.2) is 30.2 Å². The molecular formula is C31H27N3O8S2. The van der Waals surface area contributed by atoms with E-state index >= 15 is 0 Å². The van der Waals surface area contributed by atoms with Crippen LogP contribution in [0.4, 0.5) is 27.5 Å². The van der Waals surface area contributed by atoms with E-state index in [9.17, 15) is 21.6 Å². The van der Waals surface area contributed by atoms with Crippen molar-refractivity contribution in [3.8, 4) is 28.4 Å². The number of nitrogens with zero attached hydrogens (tertiary/aromatic N) is 2. The first-order valence-electron chi connectivity index (χ1n) is 13.0. The predicted octanol–water partition coefficient (Wildman–Crippen LogP) is 5.31. The van der Waals surface area contributed by atoms with E-state index in [-0.39, 0.29) is 17.1 Å². The van der Waals surface area contributed by atoms with Gasteiger partial charge in [-0.05, 0) is 72.3 Å². The molecule has 1 amide bonds. The number of carbonyl (C=O) groups is 1. The van der Waals surface area contributed by atoms with Crippen LogP contribution in [0.5, 0.6) is 17.2 Å². The summed E-state index contributed by atoms with van der Waals surface area (Å²) in [7, 11) is -3.45. The highest BCUT2D eigenvalue weighted by molar-refractivity contribution is 7.74. The first-order valence-corrected chi connectivity index (χ1v) is 15.3. The van der Waals surface area contributed by atoms with E-state index in [1.807, 2.05) is 0 Å². The van der Waals surface area contributed by atoms with Crippen LogP contribution in [0.1, 0.15) is 0 Å². The third kappa shape index (κ3) is 6.09. The van der Waals surface area contributed by atoms with Crippen LogP contribution in [0.2, 0.25) is 0 Å². The molecule has 0 atom stereocenters. The van der Waals surface area contributed by atoms with Crippen LogP contribution in [0.15, 0.2) is 103 Å². The van der Waals surface area contributed by atoms with Crippen molar-refractivity contribution >= 4 is 61.4 Å².